The third-order valence-corrected chi connectivity index (χ3v) is 3.61. The Morgan fingerprint density at radius 1 is 1.29 bits per heavy atom. The van der Waals surface area contributed by atoms with E-state index in [1.807, 2.05) is 0 Å². The van der Waals surface area contributed by atoms with E-state index >= 15 is 0 Å². The molecule has 9 heteroatoms. The van der Waals surface area contributed by atoms with Gasteiger partial charge in [0.1, 0.15) is 10.5 Å². The fourth-order valence-electron chi connectivity index (χ4n) is 1.89. The van der Waals surface area contributed by atoms with Crippen LogP contribution >= 0.6 is 11.8 Å². The third kappa shape index (κ3) is 2.03. The third-order valence-electron chi connectivity index (χ3n) is 2.83. The standard InChI is InChI=1S/C12H8N6O2S/c13-6-1-2-7-8(5-6)20-12(14-7)21-10-4-3-9-15-16-11(19)18(9)17-10/h1-5H,13H2,(H,16,19). The highest BCUT2D eigenvalue weighted by Gasteiger charge is 2.10. The maximum Gasteiger partial charge on any atom is 0.364 e. The second kappa shape index (κ2) is 4.35. The lowest BCUT2D eigenvalue weighted by atomic mass is 10.3. The van der Waals surface area contributed by atoms with Crippen molar-refractivity contribution in [2.45, 2.75) is 10.2 Å². The molecule has 0 amide bonds. The first kappa shape index (κ1) is 12.0. The van der Waals surface area contributed by atoms with E-state index in [9.17, 15) is 4.79 Å². The molecule has 4 rings (SSSR count). The molecule has 8 nitrogen and oxygen atoms in total. The van der Waals surface area contributed by atoms with E-state index in [-0.39, 0.29) is 0 Å². The lowest BCUT2D eigenvalue weighted by Gasteiger charge is -1.95. The molecule has 0 fully saturated rings. The number of fused-ring (bicyclic) bond motifs is 2. The smallest absolute Gasteiger partial charge is 0.364 e. The molecule has 4 aromatic rings. The summed E-state index contributed by atoms with van der Waals surface area (Å²) < 4.78 is 6.78. The van der Waals surface area contributed by atoms with Crippen molar-refractivity contribution in [3.05, 3.63) is 40.8 Å². The van der Waals surface area contributed by atoms with Crippen LogP contribution in [-0.4, -0.2) is 24.8 Å². The van der Waals surface area contributed by atoms with E-state index in [4.69, 9.17) is 10.2 Å². The highest BCUT2D eigenvalue weighted by Crippen LogP contribution is 2.29. The molecule has 0 unspecified atom stereocenters. The number of benzene rings is 1. The summed E-state index contributed by atoms with van der Waals surface area (Å²) in [6.45, 7) is 0. The molecule has 0 saturated carbocycles. The predicted molar refractivity (Wildman–Crippen MR) is 76.2 cm³/mol. The van der Waals surface area contributed by atoms with Crippen molar-refractivity contribution < 1.29 is 4.42 Å². The average Bonchev–Trinajstić information content (AvgIpc) is 3.02. The molecule has 0 aliphatic carbocycles. The van der Waals surface area contributed by atoms with Gasteiger partial charge in [-0.15, -0.1) is 0 Å². The van der Waals surface area contributed by atoms with Crippen LogP contribution in [0.15, 0.2) is 49.8 Å². The number of nitrogens with zero attached hydrogens (tertiary/aromatic N) is 4. The Hall–Kier alpha value is -2.81. The number of oxazole rings is 1. The second-order valence-corrected chi connectivity index (χ2v) is 5.25. The number of rotatable bonds is 2. The molecule has 0 aliphatic heterocycles. The summed E-state index contributed by atoms with van der Waals surface area (Å²) >= 11 is 1.22. The number of hydrogen-bond acceptors (Lipinski definition) is 7. The Balaban J connectivity index is 1.74. The fraction of sp³-hybridized carbons (Fsp3) is 0. The van der Waals surface area contributed by atoms with Crippen molar-refractivity contribution in [1.29, 1.82) is 0 Å². The largest absolute Gasteiger partial charge is 0.431 e. The first-order chi connectivity index (χ1) is 10.2. The van der Waals surface area contributed by atoms with Gasteiger partial charge in [-0.25, -0.2) is 14.9 Å². The van der Waals surface area contributed by atoms with Crippen LogP contribution in [0.2, 0.25) is 0 Å². The average molecular weight is 300 g/mol. The van der Waals surface area contributed by atoms with Gasteiger partial charge >= 0.3 is 5.69 Å². The molecule has 3 aromatic heterocycles. The lowest BCUT2D eigenvalue weighted by molar-refractivity contribution is 0.489. The van der Waals surface area contributed by atoms with E-state index in [0.29, 0.717) is 32.7 Å². The van der Waals surface area contributed by atoms with Gasteiger partial charge in [0.05, 0.1) is 0 Å². The highest BCUT2D eigenvalue weighted by molar-refractivity contribution is 7.99. The zero-order valence-corrected chi connectivity index (χ0v) is 11.3. The van der Waals surface area contributed by atoms with Crippen LogP contribution in [0.5, 0.6) is 0 Å². The number of nitrogens with two attached hydrogens (primary N) is 1. The number of aromatic nitrogens is 5. The monoisotopic (exact) mass is 300 g/mol. The van der Waals surface area contributed by atoms with Crippen LogP contribution < -0.4 is 11.4 Å². The minimum absolute atomic E-state index is 0.391. The molecule has 3 N–H and O–H groups in total. The van der Waals surface area contributed by atoms with Gasteiger partial charge in [0, 0.05) is 11.8 Å². The van der Waals surface area contributed by atoms with Crippen molar-refractivity contribution in [3.63, 3.8) is 0 Å². The van der Waals surface area contributed by atoms with Crippen molar-refractivity contribution in [1.82, 2.24) is 24.8 Å². The van der Waals surface area contributed by atoms with Crippen molar-refractivity contribution in [2.75, 3.05) is 5.73 Å². The summed E-state index contributed by atoms with van der Waals surface area (Å²) in [4.78, 5) is 15.8. The zero-order chi connectivity index (χ0) is 14.4. The summed E-state index contributed by atoms with van der Waals surface area (Å²) in [5.74, 6) is 0. The molecule has 0 saturated heterocycles. The molecule has 3 heterocycles. The summed E-state index contributed by atoms with van der Waals surface area (Å²) in [6.07, 6.45) is 0. The molecule has 1 aromatic carbocycles. The molecule has 0 radical (unpaired) electrons. The molecule has 0 spiro atoms. The minimum Gasteiger partial charge on any atom is -0.431 e. The van der Waals surface area contributed by atoms with Gasteiger partial charge in [-0.1, -0.05) is 0 Å². The summed E-state index contributed by atoms with van der Waals surface area (Å²) in [5, 5.41) is 11.3. The molecule has 104 valence electrons. The summed E-state index contributed by atoms with van der Waals surface area (Å²) in [7, 11) is 0. The van der Waals surface area contributed by atoms with Gasteiger partial charge in [0.25, 0.3) is 5.22 Å². The molecule has 21 heavy (non-hydrogen) atoms. The maximum absolute atomic E-state index is 11.5. The number of H-pyrrole nitrogens is 1. The first-order valence-corrected chi connectivity index (χ1v) is 6.79. The normalized spacial score (nSPS) is 11.4. The molecular weight excluding hydrogens is 292 g/mol. The maximum atomic E-state index is 11.5. The predicted octanol–water partition coefficient (Wildman–Crippen LogP) is 1.29. The van der Waals surface area contributed by atoms with Crippen LogP contribution in [0, 0.1) is 0 Å². The van der Waals surface area contributed by atoms with Crippen LogP contribution in [0.1, 0.15) is 0 Å². The van der Waals surface area contributed by atoms with Gasteiger partial charge < -0.3 is 10.2 Å². The van der Waals surface area contributed by atoms with Crippen LogP contribution in [0.4, 0.5) is 5.69 Å². The van der Waals surface area contributed by atoms with Crippen molar-refractivity contribution in [3.8, 4) is 0 Å². The first-order valence-electron chi connectivity index (χ1n) is 5.97. The number of aromatic amines is 1. The second-order valence-electron chi connectivity index (χ2n) is 4.28. The summed E-state index contributed by atoms with van der Waals surface area (Å²) in [5.41, 5.74) is 7.70. The Morgan fingerprint density at radius 2 is 2.19 bits per heavy atom. The summed E-state index contributed by atoms with van der Waals surface area (Å²) in [6, 6.07) is 8.69. The Labute approximate surface area is 121 Å². The Kier molecular flexibility index (Phi) is 2.48. The minimum atomic E-state index is -0.391. The molecule has 0 aliphatic rings. The van der Waals surface area contributed by atoms with Gasteiger partial charge in [0.15, 0.2) is 11.2 Å². The molecule has 0 bridgehead atoms. The van der Waals surface area contributed by atoms with Crippen LogP contribution in [0.25, 0.3) is 16.7 Å². The van der Waals surface area contributed by atoms with E-state index < -0.39 is 5.69 Å². The van der Waals surface area contributed by atoms with E-state index in [1.54, 1.807) is 30.3 Å². The SMILES string of the molecule is Nc1ccc2nc(Sc3ccc4n[nH]c(=O)n4n3)oc2c1. The number of anilines is 1. The van der Waals surface area contributed by atoms with Crippen molar-refractivity contribution >= 4 is 34.2 Å². The van der Waals surface area contributed by atoms with Gasteiger partial charge in [-0.2, -0.15) is 14.7 Å². The van der Waals surface area contributed by atoms with E-state index in [2.05, 4.69) is 20.3 Å². The number of nitrogens with one attached hydrogen (secondary N) is 1. The van der Waals surface area contributed by atoms with E-state index in [1.165, 1.54) is 16.3 Å². The van der Waals surface area contributed by atoms with Crippen molar-refractivity contribution in [2.24, 2.45) is 0 Å². The highest BCUT2D eigenvalue weighted by atomic mass is 32.2. The Morgan fingerprint density at radius 3 is 3.10 bits per heavy atom. The quantitative estimate of drug-likeness (QED) is 0.536. The number of nitrogen functional groups attached to an aromatic ring is 1. The van der Waals surface area contributed by atoms with Gasteiger partial charge in [-0.05, 0) is 36.0 Å². The van der Waals surface area contributed by atoms with E-state index in [0.717, 1.165) is 0 Å². The Bertz CT molecular complexity index is 1020. The topological polar surface area (TPSA) is 115 Å². The molecular formula is C12H8N6O2S. The van der Waals surface area contributed by atoms with Gasteiger partial charge in [-0.3, -0.25) is 0 Å². The van der Waals surface area contributed by atoms with Crippen LogP contribution in [-0.2, 0) is 0 Å². The van der Waals surface area contributed by atoms with Crippen LogP contribution in [0.3, 0.4) is 0 Å². The number of hydrogen-bond donors (Lipinski definition) is 2. The fourth-order valence-corrected chi connectivity index (χ4v) is 2.61. The lowest BCUT2D eigenvalue weighted by Crippen LogP contribution is -2.12. The van der Waals surface area contributed by atoms with Gasteiger partial charge in [0.2, 0.25) is 0 Å². The zero-order valence-electron chi connectivity index (χ0n) is 10.5. The molecule has 0 atom stereocenters.